The molecule has 7 atom stereocenters. The second kappa shape index (κ2) is 6.88. The molecule has 2 aromatic rings. The van der Waals surface area contributed by atoms with E-state index in [-0.39, 0.29) is 18.2 Å². The topological polar surface area (TPSA) is 125 Å². The summed E-state index contributed by atoms with van der Waals surface area (Å²) in [6, 6.07) is 2.22. The Morgan fingerprint density at radius 3 is 2.74 bits per heavy atom. The molecule has 4 N–H and O–H groups in total. The third-order valence-corrected chi connectivity index (χ3v) is 9.51. The summed E-state index contributed by atoms with van der Waals surface area (Å²) >= 11 is 0. The summed E-state index contributed by atoms with van der Waals surface area (Å²) in [6.45, 7) is 1.50. The zero-order chi connectivity index (χ0) is 23.5. The summed E-state index contributed by atoms with van der Waals surface area (Å²) in [5.74, 6) is 1.61. The maximum Gasteiger partial charge on any atom is 0.315 e. The Balaban J connectivity index is 1.16. The predicted octanol–water partition coefficient (Wildman–Crippen LogP) is 1.85. The molecule has 0 aromatic carbocycles. The van der Waals surface area contributed by atoms with Crippen molar-refractivity contribution < 1.29 is 19.4 Å². The first-order valence-corrected chi connectivity index (χ1v) is 12.9. The normalized spacial score (nSPS) is 37.8. The van der Waals surface area contributed by atoms with E-state index in [0.717, 1.165) is 61.2 Å². The van der Waals surface area contributed by atoms with Crippen LogP contribution in [0.4, 0.5) is 11.6 Å². The van der Waals surface area contributed by atoms with Crippen LogP contribution in [0.5, 0.6) is 0 Å². The number of hydrogen-bond acceptors (Lipinski definition) is 6. The van der Waals surface area contributed by atoms with Gasteiger partial charge in [0.25, 0.3) is 0 Å². The Morgan fingerprint density at radius 2 is 2.03 bits per heavy atom. The number of likely N-dealkylation sites (tertiary alicyclic amines) is 1. The van der Waals surface area contributed by atoms with Crippen molar-refractivity contribution in [3.05, 3.63) is 17.8 Å². The second-order valence-electron chi connectivity index (χ2n) is 11.7. The number of aromatic amines is 1. The van der Waals surface area contributed by atoms with Crippen molar-refractivity contribution in [3.8, 4) is 11.3 Å². The summed E-state index contributed by atoms with van der Waals surface area (Å²) in [6.07, 6.45) is 7.58. The number of nitrogens with zero attached hydrogens (tertiary/aromatic N) is 3. The summed E-state index contributed by atoms with van der Waals surface area (Å²) in [5.41, 5.74) is 2.44. The Bertz CT molecular complexity index is 1230. The van der Waals surface area contributed by atoms with Crippen LogP contribution in [0.2, 0.25) is 0 Å². The maximum absolute atomic E-state index is 13.1. The Labute approximate surface area is 202 Å². The molecule has 3 unspecified atom stereocenters. The molecule has 10 heteroatoms. The van der Waals surface area contributed by atoms with E-state index < -0.39 is 17.4 Å². The molecule has 35 heavy (non-hydrogen) atoms. The van der Waals surface area contributed by atoms with E-state index >= 15 is 0 Å². The minimum absolute atomic E-state index is 0.00680. The van der Waals surface area contributed by atoms with Gasteiger partial charge in [0.1, 0.15) is 5.82 Å². The molecular weight excluding hydrogens is 448 g/mol. The van der Waals surface area contributed by atoms with Gasteiger partial charge in [-0.05, 0) is 62.3 Å². The van der Waals surface area contributed by atoms with Crippen LogP contribution in [-0.2, 0) is 20.9 Å². The average molecular weight is 479 g/mol. The highest BCUT2D eigenvalue weighted by Gasteiger charge is 2.56. The number of amides is 2. The van der Waals surface area contributed by atoms with Crippen LogP contribution in [0.15, 0.2) is 12.3 Å². The fraction of sp³-hybridized carbons (Fsp3) is 0.640. The number of carbonyl (C=O) groups is 2. The van der Waals surface area contributed by atoms with Crippen molar-refractivity contribution in [3.63, 3.8) is 0 Å². The van der Waals surface area contributed by atoms with Gasteiger partial charge < -0.3 is 30.4 Å². The van der Waals surface area contributed by atoms with Crippen molar-refractivity contribution in [2.24, 2.45) is 17.8 Å². The standard InChI is InChI=1S/C25H30N6O4/c32-23(24(33)30-10-16-5-15(30)11-35-16)28-22-18-9-27-21-17(1-2-26-21)20(18)31(29-22)19-13-3-12-4-14(19)8-25(34,6-12)7-13/h1-2,12-16,19,26-27,34H,3-11H2,(H,28,29,32)/t12?,13-,14+,15-,16-,19?,25?/m0/s1. The molecule has 6 bridgehead atoms. The van der Waals surface area contributed by atoms with Crippen molar-refractivity contribution in [2.75, 3.05) is 23.8 Å². The molecule has 5 heterocycles. The lowest BCUT2D eigenvalue weighted by Gasteiger charge is -2.58. The monoisotopic (exact) mass is 478 g/mol. The van der Waals surface area contributed by atoms with Crippen LogP contribution in [-0.4, -0.2) is 67.5 Å². The molecule has 0 radical (unpaired) electrons. The molecule has 2 saturated heterocycles. The zero-order valence-electron chi connectivity index (χ0n) is 19.5. The maximum atomic E-state index is 13.1. The number of carbonyl (C=O) groups excluding carboxylic acids is 2. The van der Waals surface area contributed by atoms with Gasteiger partial charge in [-0.3, -0.25) is 14.3 Å². The SMILES string of the molecule is O=C(Nc1nn(C2[C@@H]3CC4C[C@H]2CC(O)(C4)C3)c2c1CNc1[nH]ccc1-2)C(=O)N1C[C@@H]2C[C@H]1CO2. The van der Waals surface area contributed by atoms with Gasteiger partial charge in [-0.15, -0.1) is 0 Å². The molecule has 184 valence electrons. The number of hydrogen-bond donors (Lipinski definition) is 4. The highest BCUT2D eigenvalue weighted by atomic mass is 16.5. The van der Waals surface area contributed by atoms with E-state index in [1.807, 2.05) is 12.3 Å². The minimum atomic E-state index is -0.635. The van der Waals surface area contributed by atoms with E-state index in [1.54, 1.807) is 4.90 Å². The quantitative estimate of drug-likeness (QED) is 0.489. The Kier molecular flexibility index (Phi) is 4.00. The highest BCUT2D eigenvalue weighted by molar-refractivity contribution is 6.39. The molecule has 2 amide bonds. The first-order valence-electron chi connectivity index (χ1n) is 12.9. The number of H-pyrrole nitrogens is 1. The first kappa shape index (κ1) is 20.4. The number of anilines is 2. The van der Waals surface area contributed by atoms with Gasteiger partial charge in [0.15, 0.2) is 5.82 Å². The summed E-state index contributed by atoms with van der Waals surface area (Å²) in [4.78, 5) is 31.0. The van der Waals surface area contributed by atoms with E-state index in [9.17, 15) is 14.7 Å². The molecule has 4 saturated carbocycles. The molecule has 6 fully saturated rings. The van der Waals surface area contributed by atoms with Crippen LogP contribution in [0.1, 0.15) is 50.1 Å². The fourth-order valence-electron chi connectivity index (χ4n) is 8.42. The van der Waals surface area contributed by atoms with E-state index in [2.05, 4.69) is 20.3 Å². The molecule has 4 aliphatic carbocycles. The van der Waals surface area contributed by atoms with Gasteiger partial charge in [0.05, 0.1) is 36.1 Å². The Hall–Kier alpha value is -2.85. The third-order valence-electron chi connectivity index (χ3n) is 9.51. The van der Waals surface area contributed by atoms with Crippen LogP contribution in [0.25, 0.3) is 11.3 Å². The lowest BCUT2D eigenvalue weighted by atomic mass is 9.52. The van der Waals surface area contributed by atoms with Crippen molar-refractivity contribution >= 4 is 23.5 Å². The largest absolute Gasteiger partial charge is 0.390 e. The molecule has 3 aliphatic heterocycles. The lowest BCUT2D eigenvalue weighted by molar-refractivity contribution is -0.148. The van der Waals surface area contributed by atoms with Gasteiger partial charge in [-0.2, -0.15) is 5.10 Å². The van der Waals surface area contributed by atoms with Crippen molar-refractivity contribution in [1.82, 2.24) is 19.7 Å². The van der Waals surface area contributed by atoms with Gasteiger partial charge in [0.2, 0.25) is 0 Å². The van der Waals surface area contributed by atoms with Gasteiger partial charge >= 0.3 is 11.8 Å². The van der Waals surface area contributed by atoms with Crippen LogP contribution in [0, 0.1) is 17.8 Å². The van der Waals surface area contributed by atoms with Crippen molar-refractivity contribution in [1.29, 1.82) is 0 Å². The molecular formula is C25H30N6O4. The Morgan fingerprint density at radius 1 is 1.20 bits per heavy atom. The second-order valence-corrected chi connectivity index (χ2v) is 11.7. The number of rotatable bonds is 2. The van der Waals surface area contributed by atoms with Gasteiger partial charge in [-0.25, -0.2) is 0 Å². The first-order chi connectivity index (χ1) is 17.0. The van der Waals surface area contributed by atoms with E-state index in [1.165, 1.54) is 0 Å². The summed E-state index contributed by atoms with van der Waals surface area (Å²) in [5, 5.41) is 22.4. The predicted molar refractivity (Wildman–Crippen MR) is 125 cm³/mol. The minimum Gasteiger partial charge on any atom is -0.390 e. The summed E-state index contributed by atoms with van der Waals surface area (Å²) in [7, 11) is 0. The lowest BCUT2D eigenvalue weighted by Crippen LogP contribution is -2.55. The number of aromatic nitrogens is 3. The molecule has 2 aromatic heterocycles. The van der Waals surface area contributed by atoms with E-state index in [4.69, 9.17) is 9.84 Å². The van der Waals surface area contributed by atoms with Crippen molar-refractivity contribution in [2.45, 2.75) is 68.9 Å². The average Bonchev–Trinajstić information content (AvgIpc) is 3.60. The van der Waals surface area contributed by atoms with Crippen LogP contribution >= 0.6 is 0 Å². The van der Waals surface area contributed by atoms with Crippen LogP contribution in [0.3, 0.4) is 0 Å². The fourth-order valence-corrected chi connectivity index (χ4v) is 8.42. The molecule has 7 aliphatic rings. The number of aliphatic hydroxyl groups is 1. The van der Waals surface area contributed by atoms with Crippen LogP contribution < -0.4 is 10.6 Å². The molecule has 0 spiro atoms. The smallest absolute Gasteiger partial charge is 0.315 e. The number of nitrogens with one attached hydrogen (secondary N) is 3. The number of morpholine rings is 1. The molecule has 9 rings (SSSR count). The van der Waals surface area contributed by atoms with Gasteiger partial charge in [0, 0.05) is 30.4 Å². The number of fused-ring (bicyclic) bond motifs is 5. The highest BCUT2D eigenvalue weighted by Crippen LogP contribution is 2.60. The number of ether oxygens (including phenoxy) is 1. The van der Waals surface area contributed by atoms with Gasteiger partial charge in [-0.1, -0.05) is 0 Å². The van der Waals surface area contributed by atoms with E-state index in [0.29, 0.717) is 43.3 Å². The zero-order valence-corrected chi connectivity index (χ0v) is 19.5. The summed E-state index contributed by atoms with van der Waals surface area (Å²) < 4.78 is 7.71. The third kappa shape index (κ3) is 2.86. The molecule has 10 nitrogen and oxygen atoms in total.